The van der Waals surface area contributed by atoms with E-state index in [0.29, 0.717) is 18.3 Å². The first-order chi connectivity index (χ1) is 8.16. The average Bonchev–Trinajstić information content (AvgIpc) is 2.82. The van der Waals surface area contributed by atoms with Gasteiger partial charge < -0.3 is 5.73 Å². The molecular formula is C13H26N4. The first kappa shape index (κ1) is 12.8. The zero-order valence-corrected chi connectivity index (χ0v) is 11.0. The molecule has 2 aliphatic rings. The van der Waals surface area contributed by atoms with Crippen LogP contribution in [0.4, 0.5) is 0 Å². The summed E-state index contributed by atoms with van der Waals surface area (Å²) < 4.78 is 0. The van der Waals surface area contributed by atoms with Crippen molar-refractivity contribution in [3.05, 3.63) is 0 Å². The molecule has 1 heterocycles. The molecule has 0 spiro atoms. The Labute approximate surface area is 105 Å². The number of rotatable bonds is 4. The predicted octanol–water partition coefficient (Wildman–Crippen LogP) is 1.26. The Morgan fingerprint density at radius 3 is 2.35 bits per heavy atom. The van der Waals surface area contributed by atoms with Crippen LogP contribution in [0, 0.1) is 5.41 Å². The van der Waals surface area contributed by atoms with Gasteiger partial charge in [-0.15, -0.1) is 0 Å². The summed E-state index contributed by atoms with van der Waals surface area (Å²) in [5, 5.41) is 7.36. The molecule has 1 unspecified atom stereocenters. The highest BCUT2D eigenvalue weighted by molar-refractivity contribution is 5.77. The minimum Gasteiger partial charge on any atom is -0.388 e. The van der Waals surface area contributed by atoms with Crippen molar-refractivity contribution in [3.63, 3.8) is 0 Å². The number of nitrogens with two attached hydrogens (primary N) is 1. The van der Waals surface area contributed by atoms with Gasteiger partial charge in [-0.3, -0.25) is 15.2 Å². The van der Waals surface area contributed by atoms with Gasteiger partial charge in [-0.1, -0.05) is 12.8 Å². The molecule has 0 radical (unpaired) electrons. The fraction of sp³-hybridized carbons (Fsp3) is 0.923. The number of hydrogen-bond acceptors (Lipinski definition) is 3. The van der Waals surface area contributed by atoms with Crippen LogP contribution in [0.1, 0.15) is 39.0 Å². The van der Waals surface area contributed by atoms with Crippen molar-refractivity contribution in [1.82, 2.24) is 9.80 Å². The lowest BCUT2D eigenvalue weighted by molar-refractivity contribution is 0.0769. The predicted molar refractivity (Wildman–Crippen MR) is 71.4 cm³/mol. The Hall–Kier alpha value is -0.610. The first-order valence-corrected chi connectivity index (χ1v) is 6.98. The van der Waals surface area contributed by atoms with Crippen LogP contribution in [0.25, 0.3) is 0 Å². The Morgan fingerprint density at radius 1 is 1.24 bits per heavy atom. The smallest absolute Gasteiger partial charge is 0.0920 e. The van der Waals surface area contributed by atoms with E-state index in [4.69, 9.17) is 11.1 Å². The fourth-order valence-electron chi connectivity index (χ4n) is 3.26. The molecule has 1 atom stereocenters. The van der Waals surface area contributed by atoms with Crippen molar-refractivity contribution in [2.45, 2.75) is 51.1 Å². The van der Waals surface area contributed by atoms with Gasteiger partial charge in [-0.2, -0.15) is 0 Å². The van der Waals surface area contributed by atoms with Gasteiger partial charge >= 0.3 is 0 Å². The molecule has 98 valence electrons. The van der Waals surface area contributed by atoms with E-state index in [2.05, 4.69) is 16.7 Å². The first-order valence-electron chi connectivity index (χ1n) is 6.98. The van der Waals surface area contributed by atoms with Crippen molar-refractivity contribution in [1.29, 1.82) is 5.41 Å². The van der Waals surface area contributed by atoms with Crippen LogP contribution in [-0.2, 0) is 0 Å². The standard InChI is InChI=1S/C13H26N4/c1-11(10-13(14)15)16-6-8-17(9-7-16)12-4-2-3-5-12/h11-12H,2-10H2,1H3,(H3,14,15). The van der Waals surface area contributed by atoms with Gasteiger partial charge in [0.1, 0.15) is 0 Å². The second-order valence-electron chi connectivity index (χ2n) is 5.59. The molecule has 3 N–H and O–H groups in total. The Morgan fingerprint density at radius 2 is 1.82 bits per heavy atom. The summed E-state index contributed by atoms with van der Waals surface area (Å²) in [6.07, 6.45) is 6.37. The minimum atomic E-state index is 0.315. The monoisotopic (exact) mass is 238 g/mol. The summed E-state index contributed by atoms with van der Waals surface area (Å²) in [4.78, 5) is 5.15. The van der Waals surface area contributed by atoms with Crippen molar-refractivity contribution in [3.8, 4) is 0 Å². The van der Waals surface area contributed by atoms with Gasteiger partial charge in [-0.05, 0) is 19.8 Å². The van der Waals surface area contributed by atoms with E-state index in [9.17, 15) is 0 Å². The zero-order chi connectivity index (χ0) is 12.3. The number of nitrogens with zero attached hydrogens (tertiary/aromatic N) is 2. The summed E-state index contributed by atoms with van der Waals surface area (Å²) in [6.45, 7) is 6.88. The SMILES string of the molecule is CC(CC(=N)N)N1CCN(C2CCCC2)CC1. The maximum Gasteiger partial charge on any atom is 0.0920 e. The van der Waals surface area contributed by atoms with Crippen LogP contribution in [0.3, 0.4) is 0 Å². The molecule has 4 heteroatoms. The van der Waals surface area contributed by atoms with E-state index in [0.717, 1.165) is 19.1 Å². The van der Waals surface area contributed by atoms with Gasteiger partial charge in [-0.25, -0.2) is 0 Å². The molecule has 2 rings (SSSR count). The van der Waals surface area contributed by atoms with E-state index in [1.165, 1.54) is 38.8 Å². The van der Waals surface area contributed by atoms with Crippen molar-refractivity contribution < 1.29 is 0 Å². The number of nitrogens with one attached hydrogen (secondary N) is 1. The molecule has 1 saturated carbocycles. The highest BCUT2D eigenvalue weighted by Crippen LogP contribution is 2.24. The van der Waals surface area contributed by atoms with E-state index in [-0.39, 0.29) is 0 Å². The molecule has 17 heavy (non-hydrogen) atoms. The van der Waals surface area contributed by atoms with Crippen molar-refractivity contribution >= 4 is 5.84 Å². The molecule has 1 aliphatic heterocycles. The number of hydrogen-bond donors (Lipinski definition) is 2. The van der Waals surface area contributed by atoms with Crippen LogP contribution < -0.4 is 5.73 Å². The lowest BCUT2D eigenvalue weighted by Crippen LogP contribution is -2.52. The van der Waals surface area contributed by atoms with Crippen molar-refractivity contribution in [2.24, 2.45) is 5.73 Å². The molecule has 1 saturated heterocycles. The third-order valence-electron chi connectivity index (χ3n) is 4.33. The van der Waals surface area contributed by atoms with Crippen LogP contribution in [0.15, 0.2) is 0 Å². The van der Waals surface area contributed by atoms with Crippen molar-refractivity contribution in [2.75, 3.05) is 26.2 Å². The third kappa shape index (κ3) is 3.42. The summed E-state index contributed by atoms with van der Waals surface area (Å²) in [5.41, 5.74) is 5.47. The van der Waals surface area contributed by atoms with Crippen LogP contribution in [-0.4, -0.2) is 53.9 Å². The highest BCUT2D eigenvalue weighted by Gasteiger charge is 2.27. The zero-order valence-electron chi connectivity index (χ0n) is 11.0. The summed E-state index contributed by atoms with van der Waals surface area (Å²) in [7, 11) is 0. The lowest BCUT2D eigenvalue weighted by Gasteiger charge is -2.40. The highest BCUT2D eigenvalue weighted by atomic mass is 15.3. The Bertz CT molecular complexity index is 252. The second kappa shape index (κ2) is 5.83. The van der Waals surface area contributed by atoms with Crippen LogP contribution >= 0.6 is 0 Å². The minimum absolute atomic E-state index is 0.315. The topological polar surface area (TPSA) is 56.4 Å². The molecule has 0 aromatic carbocycles. The van der Waals surface area contributed by atoms with Gasteiger partial charge in [0.2, 0.25) is 0 Å². The molecule has 0 bridgehead atoms. The van der Waals surface area contributed by atoms with Gasteiger partial charge in [0.15, 0.2) is 0 Å². The van der Waals surface area contributed by atoms with Crippen LogP contribution in [0.2, 0.25) is 0 Å². The average molecular weight is 238 g/mol. The maximum atomic E-state index is 7.36. The number of piperazine rings is 1. The molecule has 1 aliphatic carbocycles. The van der Waals surface area contributed by atoms with Gasteiger partial charge in [0.05, 0.1) is 5.84 Å². The fourth-order valence-corrected chi connectivity index (χ4v) is 3.26. The quantitative estimate of drug-likeness (QED) is 0.573. The second-order valence-corrected chi connectivity index (χ2v) is 5.59. The van der Waals surface area contributed by atoms with E-state index < -0.39 is 0 Å². The third-order valence-corrected chi connectivity index (χ3v) is 4.33. The van der Waals surface area contributed by atoms with Gasteiger partial charge in [0.25, 0.3) is 0 Å². The molecule has 0 aromatic heterocycles. The summed E-state index contributed by atoms with van der Waals surface area (Å²) >= 11 is 0. The normalized spacial score (nSPS) is 26.2. The van der Waals surface area contributed by atoms with E-state index >= 15 is 0 Å². The lowest BCUT2D eigenvalue weighted by atomic mass is 10.1. The molecule has 4 nitrogen and oxygen atoms in total. The Balaban J connectivity index is 1.75. The molecule has 0 aromatic rings. The van der Waals surface area contributed by atoms with Crippen LogP contribution in [0.5, 0.6) is 0 Å². The molecule has 0 amide bonds. The van der Waals surface area contributed by atoms with E-state index in [1.54, 1.807) is 0 Å². The maximum absolute atomic E-state index is 7.36. The number of amidine groups is 1. The largest absolute Gasteiger partial charge is 0.388 e. The molecule has 2 fully saturated rings. The molecular weight excluding hydrogens is 212 g/mol. The van der Waals surface area contributed by atoms with E-state index in [1.807, 2.05) is 0 Å². The summed E-state index contributed by atoms with van der Waals surface area (Å²) in [5.74, 6) is 0.315. The Kier molecular flexibility index (Phi) is 4.40. The summed E-state index contributed by atoms with van der Waals surface area (Å²) in [6, 6.07) is 1.29. The van der Waals surface area contributed by atoms with Gasteiger partial charge in [0, 0.05) is 44.7 Å².